The van der Waals surface area contributed by atoms with Crippen LogP contribution >= 0.6 is 11.3 Å². The number of alkyl halides is 3. The molecule has 184 valence electrons. The van der Waals surface area contributed by atoms with Crippen LogP contribution in [0.3, 0.4) is 0 Å². The fraction of sp³-hybridized carbons (Fsp3) is 0.308. The highest BCUT2D eigenvalue weighted by atomic mass is 32.1. The molecule has 0 atom stereocenters. The van der Waals surface area contributed by atoms with Gasteiger partial charge in [-0.25, -0.2) is 4.98 Å². The molecule has 0 aliphatic carbocycles. The molecule has 0 saturated carbocycles. The molecule has 0 bridgehead atoms. The van der Waals surface area contributed by atoms with Gasteiger partial charge in [0, 0.05) is 44.0 Å². The maximum absolute atomic E-state index is 12.8. The smallest absolute Gasteiger partial charge is 0.356 e. The summed E-state index contributed by atoms with van der Waals surface area (Å²) in [6.45, 7) is 0.513. The number of carbonyl (C=O) groups excluding carboxylic acids is 1. The van der Waals surface area contributed by atoms with E-state index < -0.39 is 17.4 Å². The Hall–Kier alpha value is -3.71. The number of thiazole rings is 1. The van der Waals surface area contributed by atoms with Crippen LogP contribution in [-0.4, -0.2) is 27.5 Å². The summed E-state index contributed by atoms with van der Waals surface area (Å²) in [5, 5.41) is 11.1. The first-order valence-electron chi connectivity index (χ1n) is 11.5. The Balaban J connectivity index is 1.19. The van der Waals surface area contributed by atoms with Gasteiger partial charge in [0.25, 0.3) is 0 Å². The normalized spacial score (nSPS) is 14.3. The van der Waals surface area contributed by atoms with Crippen LogP contribution in [0.5, 0.6) is 0 Å². The van der Waals surface area contributed by atoms with E-state index in [-0.39, 0.29) is 5.91 Å². The molecular weight excluding hydrogens is 487 g/mol. The number of fused-ring (bicyclic) bond motifs is 3. The van der Waals surface area contributed by atoms with Gasteiger partial charge >= 0.3 is 6.18 Å². The Morgan fingerprint density at radius 2 is 1.92 bits per heavy atom. The summed E-state index contributed by atoms with van der Waals surface area (Å²) in [5.41, 5.74) is 2.17. The first kappa shape index (κ1) is 24.0. The van der Waals surface area contributed by atoms with Crippen molar-refractivity contribution in [2.75, 3.05) is 6.54 Å². The summed E-state index contributed by atoms with van der Waals surface area (Å²) in [6, 6.07) is 11.0. The Morgan fingerprint density at radius 3 is 2.61 bits per heavy atom. The average Bonchev–Trinajstić information content (AvgIpc) is 3.36. The van der Waals surface area contributed by atoms with Crippen molar-refractivity contribution in [1.82, 2.24) is 14.7 Å². The summed E-state index contributed by atoms with van der Waals surface area (Å²) in [5.74, 6) is 2.57. The van der Waals surface area contributed by atoms with Crippen molar-refractivity contribution < 1.29 is 18.0 Å². The first-order chi connectivity index (χ1) is 17.3. The zero-order chi connectivity index (χ0) is 25.3. The molecule has 0 spiro atoms. The van der Waals surface area contributed by atoms with Crippen LogP contribution in [0.25, 0.3) is 26.4 Å². The molecule has 6 nitrogen and oxygen atoms in total. The molecule has 36 heavy (non-hydrogen) atoms. The van der Waals surface area contributed by atoms with E-state index in [1.165, 1.54) is 23.5 Å². The Kier molecular flexibility index (Phi) is 6.26. The second-order valence-electron chi connectivity index (χ2n) is 8.74. The van der Waals surface area contributed by atoms with Gasteiger partial charge in [-0.15, -0.1) is 12.3 Å². The lowest BCUT2D eigenvalue weighted by molar-refractivity contribution is -0.137. The van der Waals surface area contributed by atoms with E-state index in [0.717, 1.165) is 39.3 Å². The van der Waals surface area contributed by atoms with Crippen molar-refractivity contribution in [3.8, 4) is 23.6 Å². The lowest BCUT2D eigenvalue weighted by atomic mass is 10.0. The van der Waals surface area contributed by atoms with E-state index in [1.807, 2.05) is 22.7 Å². The molecule has 2 aromatic heterocycles. The zero-order valence-corrected chi connectivity index (χ0v) is 20.0. The largest absolute Gasteiger partial charge is 0.416 e. The van der Waals surface area contributed by atoms with Gasteiger partial charge in [-0.3, -0.25) is 9.20 Å². The number of amides is 1. The number of aromatic nitrogens is 2. The van der Waals surface area contributed by atoms with Gasteiger partial charge in [0.15, 0.2) is 10.6 Å². The van der Waals surface area contributed by atoms with Crippen molar-refractivity contribution >= 4 is 32.4 Å². The van der Waals surface area contributed by atoms with Crippen molar-refractivity contribution in [2.24, 2.45) is 10.2 Å². The van der Waals surface area contributed by atoms with Crippen LogP contribution in [0.4, 0.5) is 13.2 Å². The van der Waals surface area contributed by atoms with E-state index in [9.17, 15) is 18.0 Å². The monoisotopic (exact) mass is 509 g/mol. The Bertz CT molecular complexity index is 1490. The highest BCUT2D eigenvalue weighted by molar-refractivity contribution is 7.23. The third-order valence-corrected chi connectivity index (χ3v) is 7.22. The molecule has 2 aromatic carbocycles. The van der Waals surface area contributed by atoms with Gasteiger partial charge in [0.2, 0.25) is 5.91 Å². The lowest BCUT2D eigenvalue weighted by Crippen LogP contribution is -2.28. The third kappa shape index (κ3) is 5.11. The van der Waals surface area contributed by atoms with E-state index in [0.29, 0.717) is 43.5 Å². The second kappa shape index (κ2) is 9.39. The highest BCUT2D eigenvalue weighted by Crippen LogP contribution is 2.36. The maximum atomic E-state index is 12.8. The van der Waals surface area contributed by atoms with Crippen molar-refractivity contribution in [1.29, 1.82) is 0 Å². The number of nitrogens with zero attached hydrogens (tertiary/aromatic N) is 4. The number of benzene rings is 2. The first-order valence-corrected chi connectivity index (χ1v) is 12.3. The summed E-state index contributed by atoms with van der Waals surface area (Å²) in [7, 11) is 0. The molecular formula is C26H22F3N5OS. The fourth-order valence-corrected chi connectivity index (χ4v) is 5.16. The minimum absolute atomic E-state index is 0.0231. The number of terminal acetylenes is 1. The number of nitrogens with one attached hydrogen (secondary N) is 1. The van der Waals surface area contributed by atoms with Crippen molar-refractivity contribution in [3.63, 3.8) is 0 Å². The molecule has 0 radical (unpaired) electrons. The van der Waals surface area contributed by atoms with Gasteiger partial charge in [-0.05, 0) is 36.2 Å². The Labute approximate surface area is 209 Å². The number of carbonyl (C=O) groups is 1. The van der Waals surface area contributed by atoms with Crippen LogP contribution in [0.15, 0.2) is 58.9 Å². The van der Waals surface area contributed by atoms with Gasteiger partial charge in [0.05, 0.1) is 21.5 Å². The molecule has 4 aromatic rings. The van der Waals surface area contributed by atoms with Gasteiger partial charge in [0.1, 0.15) is 0 Å². The number of halogens is 3. The van der Waals surface area contributed by atoms with Crippen molar-refractivity contribution in [2.45, 2.75) is 43.9 Å². The number of imidazole rings is 1. The summed E-state index contributed by atoms with van der Waals surface area (Å²) in [4.78, 5) is 17.6. The van der Waals surface area contributed by atoms with E-state index >= 15 is 0 Å². The quantitative estimate of drug-likeness (QED) is 0.271. The summed E-state index contributed by atoms with van der Waals surface area (Å²) >= 11 is 1.50. The molecule has 1 aliphatic heterocycles. The molecule has 0 saturated heterocycles. The molecule has 1 N–H and O–H groups in total. The molecule has 1 aliphatic rings. The zero-order valence-electron chi connectivity index (χ0n) is 19.2. The molecule has 3 heterocycles. The topological polar surface area (TPSA) is 71.1 Å². The number of hydrogen-bond acceptors (Lipinski definition) is 5. The third-order valence-electron chi connectivity index (χ3n) is 6.21. The SMILES string of the molecule is C#CCCC1(CCNC(=O)CCc2ccc3c(c2)sc2nc(-c4ccc(C(F)(F)F)cc4)cn23)N=N1. The van der Waals surface area contributed by atoms with Gasteiger partial charge < -0.3 is 5.32 Å². The predicted molar refractivity (Wildman–Crippen MR) is 133 cm³/mol. The molecule has 0 unspecified atom stereocenters. The van der Waals surface area contributed by atoms with Crippen LogP contribution in [0.1, 0.15) is 36.8 Å². The van der Waals surface area contributed by atoms with Gasteiger partial charge in [-0.1, -0.05) is 29.5 Å². The number of rotatable bonds is 9. The molecule has 0 fully saturated rings. The average molecular weight is 510 g/mol. The minimum atomic E-state index is -4.37. The summed E-state index contributed by atoms with van der Waals surface area (Å²) in [6.07, 6.45) is 5.74. The van der Waals surface area contributed by atoms with Crippen LogP contribution < -0.4 is 5.32 Å². The van der Waals surface area contributed by atoms with Gasteiger partial charge in [-0.2, -0.15) is 23.4 Å². The molecule has 1 amide bonds. The second-order valence-corrected chi connectivity index (χ2v) is 9.75. The lowest BCUT2D eigenvalue weighted by Gasteiger charge is -2.10. The Morgan fingerprint density at radius 1 is 1.14 bits per heavy atom. The summed E-state index contributed by atoms with van der Waals surface area (Å²) < 4.78 is 41.5. The predicted octanol–water partition coefficient (Wildman–Crippen LogP) is 6.25. The standard InChI is InChI=1S/C26H22F3N5OS/c1-2-3-12-25(32-33-25)13-14-30-23(35)11-5-17-4-10-21-22(15-17)36-24-31-20(16-34(21)24)18-6-8-19(9-7-18)26(27,28)29/h1,4,6-10,15-16H,3,5,11-14H2,(H,30,35). The molecule has 10 heteroatoms. The minimum Gasteiger partial charge on any atom is -0.356 e. The number of hydrogen-bond donors (Lipinski definition) is 1. The maximum Gasteiger partial charge on any atom is 0.416 e. The van der Waals surface area contributed by atoms with Crippen LogP contribution in [0, 0.1) is 12.3 Å². The molecule has 5 rings (SSSR count). The van der Waals surface area contributed by atoms with Crippen LogP contribution in [-0.2, 0) is 17.4 Å². The van der Waals surface area contributed by atoms with Crippen LogP contribution in [0.2, 0.25) is 0 Å². The highest BCUT2D eigenvalue weighted by Gasteiger charge is 2.38. The number of aryl methyl sites for hydroxylation is 1. The van der Waals surface area contributed by atoms with E-state index in [1.54, 1.807) is 0 Å². The van der Waals surface area contributed by atoms with E-state index in [4.69, 9.17) is 6.42 Å². The fourth-order valence-electron chi connectivity index (χ4n) is 4.09. The van der Waals surface area contributed by atoms with E-state index in [2.05, 4.69) is 32.5 Å². The van der Waals surface area contributed by atoms with Crippen molar-refractivity contribution in [3.05, 3.63) is 59.8 Å².